The van der Waals surface area contributed by atoms with E-state index in [1.165, 1.54) is 44.9 Å². The molecule has 2 saturated carbocycles. The summed E-state index contributed by atoms with van der Waals surface area (Å²) >= 11 is 0. The number of nitrogens with two attached hydrogens (primary N) is 1. The molecule has 0 atom stereocenters. The predicted molar refractivity (Wildman–Crippen MR) is 101 cm³/mol. The molecule has 2 aliphatic rings. The number of nitrogens with one attached hydrogen (secondary N) is 2. The van der Waals surface area contributed by atoms with Crippen LogP contribution < -0.4 is 16.4 Å². The number of guanidine groups is 1. The zero-order chi connectivity index (χ0) is 14.9. The van der Waals surface area contributed by atoms with Crippen molar-refractivity contribution >= 4 is 35.8 Å². The number of hydrogen-bond acceptors (Lipinski definition) is 2. The van der Waals surface area contributed by atoms with E-state index in [1.54, 1.807) is 0 Å². The van der Waals surface area contributed by atoms with Crippen LogP contribution in [0.5, 0.6) is 0 Å². The maximum Gasteiger partial charge on any atom is 0.223 e. The van der Waals surface area contributed by atoms with Gasteiger partial charge in [0.15, 0.2) is 5.96 Å². The number of carbonyl (C=O) groups excluding carboxylic acids is 1. The highest BCUT2D eigenvalue weighted by molar-refractivity contribution is 14.0. The van der Waals surface area contributed by atoms with Gasteiger partial charge in [0.25, 0.3) is 0 Å². The van der Waals surface area contributed by atoms with Crippen LogP contribution in [0.25, 0.3) is 0 Å². The van der Waals surface area contributed by atoms with Crippen molar-refractivity contribution in [2.24, 2.45) is 16.6 Å². The Balaban J connectivity index is 0.00000242. The van der Waals surface area contributed by atoms with E-state index in [4.69, 9.17) is 5.73 Å². The Morgan fingerprint density at radius 3 is 2.32 bits per heavy atom. The summed E-state index contributed by atoms with van der Waals surface area (Å²) in [7, 11) is 0. The number of hydrogen-bond donors (Lipinski definition) is 3. The van der Waals surface area contributed by atoms with Gasteiger partial charge in [0.1, 0.15) is 0 Å². The highest BCUT2D eigenvalue weighted by atomic mass is 127. The second-order valence-corrected chi connectivity index (χ2v) is 6.37. The fraction of sp³-hybridized carbons (Fsp3) is 0.875. The molecule has 0 aliphatic heterocycles. The van der Waals surface area contributed by atoms with Gasteiger partial charge in [-0.3, -0.25) is 9.79 Å². The van der Waals surface area contributed by atoms with E-state index >= 15 is 0 Å². The van der Waals surface area contributed by atoms with Gasteiger partial charge >= 0.3 is 0 Å². The van der Waals surface area contributed by atoms with Crippen LogP contribution >= 0.6 is 24.0 Å². The number of amides is 1. The second-order valence-electron chi connectivity index (χ2n) is 6.37. The summed E-state index contributed by atoms with van der Waals surface area (Å²) in [5, 5.41) is 6.31. The maximum atomic E-state index is 11.6. The molecule has 22 heavy (non-hydrogen) atoms. The van der Waals surface area contributed by atoms with Crippen molar-refractivity contribution in [2.75, 3.05) is 13.1 Å². The first-order chi connectivity index (χ1) is 10.3. The van der Waals surface area contributed by atoms with Crippen molar-refractivity contribution in [3.05, 3.63) is 0 Å². The molecule has 0 aromatic rings. The van der Waals surface area contributed by atoms with Gasteiger partial charge in [-0.2, -0.15) is 0 Å². The number of halogens is 1. The van der Waals surface area contributed by atoms with E-state index in [9.17, 15) is 4.79 Å². The van der Waals surface area contributed by atoms with E-state index < -0.39 is 0 Å². The minimum absolute atomic E-state index is 0. The zero-order valence-electron chi connectivity index (χ0n) is 13.5. The van der Waals surface area contributed by atoms with Gasteiger partial charge in [0.2, 0.25) is 5.91 Å². The molecule has 0 heterocycles. The number of rotatable bonds is 6. The van der Waals surface area contributed by atoms with Crippen molar-refractivity contribution in [3.8, 4) is 0 Å². The molecule has 5 nitrogen and oxygen atoms in total. The van der Waals surface area contributed by atoms with E-state index in [2.05, 4.69) is 15.6 Å². The first kappa shape index (κ1) is 19.5. The molecule has 2 aliphatic carbocycles. The Kier molecular flexibility index (Phi) is 9.82. The quantitative estimate of drug-likeness (QED) is 0.202. The molecule has 0 aromatic heterocycles. The van der Waals surface area contributed by atoms with Crippen molar-refractivity contribution in [1.82, 2.24) is 10.6 Å². The molecule has 4 N–H and O–H groups in total. The average molecular weight is 422 g/mol. The van der Waals surface area contributed by atoms with Crippen LogP contribution in [0, 0.1) is 5.92 Å². The molecule has 2 fully saturated rings. The van der Waals surface area contributed by atoms with Gasteiger partial charge in [-0.1, -0.05) is 32.1 Å². The van der Waals surface area contributed by atoms with E-state index in [-0.39, 0.29) is 35.8 Å². The molecule has 0 saturated heterocycles. The van der Waals surface area contributed by atoms with Crippen LogP contribution in [-0.4, -0.2) is 31.0 Å². The van der Waals surface area contributed by atoms with Crippen LogP contribution in [0.3, 0.4) is 0 Å². The fourth-order valence-corrected chi connectivity index (χ4v) is 2.98. The summed E-state index contributed by atoms with van der Waals surface area (Å²) in [5.74, 6) is 1.05. The van der Waals surface area contributed by atoms with Gasteiger partial charge in [-0.15, -0.1) is 24.0 Å². The Morgan fingerprint density at radius 1 is 1.05 bits per heavy atom. The lowest BCUT2D eigenvalue weighted by Gasteiger charge is -2.23. The van der Waals surface area contributed by atoms with Gasteiger partial charge in [-0.25, -0.2) is 0 Å². The zero-order valence-corrected chi connectivity index (χ0v) is 15.8. The highest BCUT2D eigenvalue weighted by Gasteiger charge is 2.24. The summed E-state index contributed by atoms with van der Waals surface area (Å²) in [6.07, 6.45) is 11.8. The summed E-state index contributed by atoms with van der Waals surface area (Å²) in [6.45, 7) is 1.38. The number of carbonyl (C=O) groups is 1. The van der Waals surface area contributed by atoms with E-state index in [1.807, 2.05) is 0 Å². The largest absolute Gasteiger partial charge is 0.370 e. The maximum absolute atomic E-state index is 11.6. The van der Waals surface area contributed by atoms with Crippen LogP contribution in [0.2, 0.25) is 0 Å². The topological polar surface area (TPSA) is 79.5 Å². The third kappa shape index (κ3) is 7.15. The summed E-state index contributed by atoms with van der Waals surface area (Å²) in [6, 6.07) is 0.495. The highest BCUT2D eigenvalue weighted by Crippen LogP contribution is 2.26. The van der Waals surface area contributed by atoms with Crippen LogP contribution in [0.4, 0.5) is 0 Å². The van der Waals surface area contributed by atoms with Crippen LogP contribution in [-0.2, 0) is 4.79 Å². The lowest BCUT2D eigenvalue weighted by Crippen LogP contribution is -2.40. The Bertz CT molecular complexity index is 350. The number of aliphatic imine (C=N–C) groups is 1. The molecule has 0 unspecified atom stereocenters. The number of nitrogens with zero attached hydrogens (tertiary/aromatic N) is 1. The molecule has 0 aromatic carbocycles. The smallest absolute Gasteiger partial charge is 0.223 e. The molecule has 0 radical (unpaired) electrons. The third-order valence-corrected chi connectivity index (χ3v) is 4.60. The molecule has 0 spiro atoms. The van der Waals surface area contributed by atoms with Crippen LogP contribution in [0.1, 0.15) is 64.2 Å². The summed E-state index contributed by atoms with van der Waals surface area (Å²) in [5.41, 5.74) is 5.93. The summed E-state index contributed by atoms with van der Waals surface area (Å²) in [4.78, 5) is 16.0. The van der Waals surface area contributed by atoms with Crippen molar-refractivity contribution in [3.63, 3.8) is 0 Å². The normalized spacial score (nSPS) is 20.5. The molecular weight excluding hydrogens is 391 g/mol. The lowest BCUT2D eigenvalue weighted by molar-refractivity contribution is -0.127. The van der Waals surface area contributed by atoms with E-state index in [0.717, 1.165) is 19.3 Å². The van der Waals surface area contributed by atoms with Crippen LogP contribution in [0.15, 0.2) is 4.99 Å². The first-order valence-electron chi connectivity index (χ1n) is 8.60. The third-order valence-electron chi connectivity index (χ3n) is 4.60. The molecular formula is C16H31IN4O. The molecule has 128 valence electrons. The van der Waals surface area contributed by atoms with Gasteiger partial charge in [-0.05, 0) is 32.1 Å². The minimum Gasteiger partial charge on any atom is -0.370 e. The molecule has 0 bridgehead atoms. The SMILES string of the molecule is I.NC(=NCCCNC(=O)C1CCC1)NC1CCCCCC1. The van der Waals surface area contributed by atoms with Gasteiger partial charge in [0.05, 0.1) is 0 Å². The van der Waals surface area contributed by atoms with E-state index in [0.29, 0.717) is 25.1 Å². The molecule has 2 rings (SSSR count). The predicted octanol–water partition coefficient (Wildman–Crippen LogP) is 2.54. The minimum atomic E-state index is 0. The molecule has 6 heteroatoms. The second kappa shape index (κ2) is 11.1. The van der Waals surface area contributed by atoms with Gasteiger partial charge in [0, 0.05) is 25.0 Å². The Hall–Kier alpha value is -0.530. The fourth-order valence-electron chi connectivity index (χ4n) is 2.98. The average Bonchev–Trinajstić information content (AvgIpc) is 2.65. The van der Waals surface area contributed by atoms with Crippen molar-refractivity contribution in [1.29, 1.82) is 0 Å². The first-order valence-corrected chi connectivity index (χ1v) is 8.60. The molecule has 1 amide bonds. The van der Waals surface area contributed by atoms with Crippen molar-refractivity contribution < 1.29 is 4.79 Å². The summed E-state index contributed by atoms with van der Waals surface area (Å²) < 4.78 is 0. The van der Waals surface area contributed by atoms with Gasteiger partial charge < -0.3 is 16.4 Å². The Labute approximate surface area is 151 Å². The lowest BCUT2D eigenvalue weighted by atomic mass is 9.85. The Morgan fingerprint density at radius 2 is 1.73 bits per heavy atom. The standard InChI is InChI=1S/C16H30N4O.HI/c17-16(20-14-9-3-1-2-4-10-14)19-12-6-11-18-15(21)13-7-5-8-13;/h13-14H,1-12H2,(H,18,21)(H3,17,19,20);1H. The van der Waals surface area contributed by atoms with Crippen molar-refractivity contribution in [2.45, 2.75) is 70.3 Å². The monoisotopic (exact) mass is 422 g/mol.